The monoisotopic (exact) mass is 272 g/mol. The number of aliphatic carboxylic acids is 1. The third-order valence-corrected chi connectivity index (χ3v) is 3.84. The molecule has 2 nitrogen and oxygen atoms in total. The van der Waals surface area contributed by atoms with Crippen LogP contribution in [0.3, 0.4) is 0 Å². The summed E-state index contributed by atoms with van der Waals surface area (Å²) in [6.07, 6.45) is -1.29. The molecule has 1 saturated carbocycles. The summed E-state index contributed by atoms with van der Waals surface area (Å²) in [5, 5.41) is 9.43. The van der Waals surface area contributed by atoms with Crippen molar-refractivity contribution in [2.24, 2.45) is 0 Å². The number of alkyl halides is 2. The molecule has 1 N–H and O–H groups in total. The van der Waals surface area contributed by atoms with Crippen molar-refractivity contribution in [3.05, 3.63) is 35.1 Å². The molecule has 0 unspecified atom stereocenters. The van der Waals surface area contributed by atoms with Gasteiger partial charge >= 0.3 is 5.97 Å². The summed E-state index contributed by atoms with van der Waals surface area (Å²) in [6, 6.07) is 4.00. The molecule has 0 amide bonds. The van der Waals surface area contributed by atoms with Crippen molar-refractivity contribution in [3.63, 3.8) is 0 Å². The molecule has 5 heteroatoms. The maximum atomic E-state index is 13.4. The molecule has 104 valence electrons. The van der Waals surface area contributed by atoms with Crippen molar-refractivity contribution in [2.45, 2.75) is 43.9 Å². The zero-order chi connectivity index (χ0) is 14.3. The summed E-state index contributed by atoms with van der Waals surface area (Å²) in [4.78, 5) is 11.5. The molecule has 2 rings (SSSR count). The minimum atomic E-state index is -2.82. The maximum Gasteiger partial charge on any atom is 0.314 e. The number of hydrogen-bond donors (Lipinski definition) is 1. The average molecular weight is 272 g/mol. The van der Waals surface area contributed by atoms with Gasteiger partial charge in [0, 0.05) is 12.8 Å². The fourth-order valence-corrected chi connectivity index (χ4v) is 2.68. The van der Waals surface area contributed by atoms with E-state index in [1.54, 1.807) is 13.0 Å². The Bertz CT molecular complexity index is 481. The van der Waals surface area contributed by atoms with Gasteiger partial charge in [0.25, 0.3) is 0 Å². The van der Waals surface area contributed by atoms with Crippen LogP contribution in [0.25, 0.3) is 0 Å². The SMILES string of the molecule is Cc1cc(F)cc(C2(C(=O)O)CCC(F)(F)CC2)c1. The molecular formula is C14H15F3O2. The van der Waals surface area contributed by atoms with Crippen LogP contribution in [-0.4, -0.2) is 17.0 Å². The lowest BCUT2D eigenvalue weighted by atomic mass is 9.68. The lowest BCUT2D eigenvalue weighted by Gasteiger charge is -2.37. The van der Waals surface area contributed by atoms with Gasteiger partial charge in [0.1, 0.15) is 5.82 Å². The van der Waals surface area contributed by atoms with Gasteiger partial charge in [-0.2, -0.15) is 0 Å². The van der Waals surface area contributed by atoms with Gasteiger partial charge in [-0.05, 0) is 43.0 Å². The van der Waals surface area contributed by atoms with Crippen molar-refractivity contribution in [3.8, 4) is 0 Å². The van der Waals surface area contributed by atoms with E-state index in [1.165, 1.54) is 6.07 Å². The number of carbonyl (C=O) groups is 1. The first-order chi connectivity index (χ1) is 8.75. The second-order valence-corrected chi connectivity index (χ2v) is 5.26. The van der Waals surface area contributed by atoms with Gasteiger partial charge in [-0.25, -0.2) is 13.2 Å². The molecule has 1 aliphatic carbocycles. The van der Waals surface area contributed by atoms with Crippen LogP contribution in [0.5, 0.6) is 0 Å². The highest BCUT2D eigenvalue weighted by Crippen LogP contribution is 2.45. The molecule has 0 heterocycles. The topological polar surface area (TPSA) is 37.3 Å². The van der Waals surface area contributed by atoms with Crippen molar-refractivity contribution in [2.75, 3.05) is 0 Å². The van der Waals surface area contributed by atoms with E-state index < -0.39 is 36.0 Å². The van der Waals surface area contributed by atoms with Crippen molar-refractivity contribution in [1.29, 1.82) is 0 Å². The fraction of sp³-hybridized carbons (Fsp3) is 0.500. The number of halogens is 3. The molecule has 0 saturated heterocycles. The summed E-state index contributed by atoms with van der Waals surface area (Å²) in [6.45, 7) is 1.65. The summed E-state index contributed by atoms with van der Waals surface area (Å²) in [7, 11) is 0. The maximum absolute atomic E-state index is 13.4. The van der Waals surface area contributed by atoms with E-state index in [4.69, 9.17) is 0 Å². The number of carboxylic acid groups (broad SMARTS) is 1. The largest absolute Gasteiger partial charge is 0.481 e. The van der Waals surface area contributed by atoms with Gasteiger partial charge < -0.3 is 5.11 Å². The third-order valence-electron chi connectivity index (χ3n) is 3.84. The number of hydrogen-bond acceptors (Lipinski definition) is 1. The summed E-state index contributed by atoms with van der Waals surface area (Å²) < 4.78 is 39.9. The normalized spacial score (nSPS) is 21.1. The van der Waals surface area contributed by atoms with Gasteiger partial charge in [-0.1, -0.05) is 6.07 Å². The van der Waals surface area contributed by atoms with Crippen molar-refractivity contribution < 1.29 is 23.1 Å². The Morgan fingerprint density at radius 3 is 2.21 bits per heavy atom. The first-order valence-corrected chi connectivity index (χ1v) is 6.14. The highest BCUT2D eigenvalue weighted by Gasteiger charge is 2.49. The second-order valence-electron chi connectivity index (χ2n) is 5.26. The number of carboxylic acids is 1. The van der Waals surface area contributed by atoms with Crippen LogP contribution in [0, 0.1) is 12.7 Å². The van der Waals surface area contributed by atoms with Crippen molar-refractivity contribution in [1.82, 2.24) is 0 Å². The van der Waals surface area contributed by atoms with E-state index in [-0.39, 0.29) is 18.4 Å². The lowest BCUT2D eigenvalue weighted by Crippen LogP contribution is -2.42. The molecule has 0 bridgehead atoms. The number of benzene rings is 1. The summed E-state index contributed by atoms with van der Waals surface area (Å²) >= 11 is 0. The Labute approximate surface area is 109 Å². The Balaban J connectivity index is 2.43. The average Bonchev–Trinajstić information content (AvgIpc) is 2.27. The molecule has 1 aliphatic rings. The third kappa shape index (κ3) is 2.60. The molecule has 0 spiro atoms. The number of aryl methyl sites for hydroxylation is 1. The Hall–Kier alpha value is -1.52. The Morgan fingerprint density at radius 1 is 1.16 bits per heavy atom. The molecule has 0 atom stereocenters. The summed E-state index contributed by atoms with van der Waals surface area (Å²) in [5.41, 5.74) is -0.518. The highest BCUT2D eigenvalue weighted by atomic mass is 19.3. The molecule has 1 fully saturated rings. The molecular weight excluding hydrogens is 257 g/mol. The highest BCUT2D eigenvalue weighted by molar-refractivity contribution is 5.81. The fourth-order valence-electron chi connectivity index (χ4n) is 2.68. The van der Waals surface area contributed by atoms with Crippen LogP contribution in [-0.2, 0) is 10.2 Å². The van der Waals surface area contributed by atoms with Gasteiger partial charge in [0.05, 0.1) is 5.41 Å². The Kier molecular flexibility index (Phi) is 3.32. The first kappa shape index (κ1) is 13.9. The predicted molar refractivity (Wildman–Crippen MR) is 63.9 cm³/mol. The van der Waals surface area contributed by atoms with Crippen LogP contribution in [0.2, 0.25) is 0 Å². The minimum absolute atomic E-state index is 0.168. The van der Waals surface area contributed by atoms with Gasteiger partial charge in [0.15, 0.2) is 0 Å². The lowest BCUT2D eigenvalue weighted by molar-refractivity contribution is -0.149. The van der Waals surface area contributed by atoms with Crippen LogP contribution in [0.1, 0.15) is 36.8 Å². The smallest absolute Gasteiger partial charge is 0.314 e. The van der Waals surface area contributed by atoms with Crippen LogP contribution < -0.4 is 0 Å². The van der Waals surface area contributed by atoms with Gasteiger partial charge in [-0.15, -0.1) is 0 Å². The summed E-state index contributed by atoms with van der Waals surface area (Å²) in [5.74, 6) is -4.51. The molecule has 0 radical (unpaired) electrons. The van der Waals surface area contributed by atoms with E-state index in [0.29, 0.717) is 5.56 Å². The quantitative estimate of drug-likeness (QED) is 0.892. The van der Waals surface area contributed by atoms with Gasteiger partial charge in [-0.3, -0.25) is 4.79 Å². The Morgan fingerprint density at radius 2 is 1.74 bits per heavy atom. The van der Waals surface area contributed by atoms with E-state index >= 15 is 0 Å². The molecule has 19 heavy (non-hydrogen) atoms. The second kappa shape index (κ2) is 4.54. The van der Waals surface area contributed by atoms with Crippen molar-refractivity contribution >= 4 is 5.97 Å². The van der Waals surface area contributed by atoms with E-state index in [9.17, 15) is 23.1 Å². The molecule has 0 aromatic heterocycles. The first-order valence-electron chi connectivity index (χ1n) is 6.14. The van der Waals surface area contributed by atoms with E-state index in [0.717, 1.165) is 6.07 Å². The zero-order valence-corrected chi connectivity index (χ0v) is 10.5. The van der Waals surface area contributed by atoms with Crippen LogP contribution >= 0.6 is 0 Å². The van der Waals surface area contributed by atoms with Gasteiger partial charge in [0.2, 0.25) is 5.92 Å². The van der Waals surface area contributed by atoms with E-state index in [1.807, 2.05) is 0 Å². The van der Waals surface area contributed by atoms with E-state index in [2.05, 4.69) is 0 Å². The van der Waals surface area contributed by atoms with Crippen LogP contribution in [0.15, 0.2) is 18.2 Å². The predicted octanol–water partition coefficient (Wildman–Crippen LogP) is 3.67. The van der Waals surface area contributed by atoms with Crippen LogP contribution in [0.4, 0.5) is 13.2 Å². The zero-order valence-electron chi connectivity index (χ0n) is 10.5. The number of rotatable bonds is 2. The standard InChI is InChI=1S/C14H15F3O2/c1-9-6-10(8-11(15)7-9)13(12(18)19)2-4-14(16,17)5-3-13/h6-8H,2-5H2,1H3,(H,18,19). The molecule has 0 aliphatic heterocycles. The minimum Gasteiger partial charge on any atom is -0.481 e. The molecule has 1 aromatic rings. The molecule has 1 aromatic carbocycles.